The molecule has 6 nitrogen and oxygen atoms in total. The summed E-state index contributed by atoms with van der Waals surface area (Å²) in [6.07, 6.45) is 1.63. The fourth-order valence-corrected chi connectivity index (χ4v) is 3.51. The van der Waals surface area contributed by atoms with Crippen LogP contribution in [0.15, 0.2) is 51.4 Å². The zero-order valence-electron chi connectivity index (χ0n) is 13.0. The lowest BCUT2D eigenvalue weighted by atomic mass is 10.2. The average molecular weight is 360 g/mol. The van der Waals surface area contributed by atoms with Crippen LogP contribution >= 0.6 is 23.1 Å². The first kappa shape index (κ1) is 16.5. The van der Waals surface area contributed by atoms with Crippen LogP contribution < -0.4 is 10.6 Å². The van der Waals surface area contributed by atoms with Crippen molar-refractivity contribution >= 4 is 39.8 Å². The highest BCUT2D eigenvalue weighted by molar-refractivity contribution is 8.01. The Morgan fingerprint density at radius 3 is 3.00 bits per heavy atom. The Bertz CT molecular complexity index is 802. The third kappa shape index (κ3) is 4.84. The van der Waals surface area contributed by atoms with E-state index in [0.29, 0.717) is 17.4 Å². The van der Waals surface area contributed by atoms with Gasteiger partial charge in [-0.3, -0.25) is 4.79 Å². The molecule has 0 aliphatic carbocycles. The summed E-state index contributed by atoms with van der Waals surface area (Å²) in [4.78, 5) is 12.0. The lowest BCUT2D eigenvalue weighted by Gasteiger charge is -2.04. The summed E-state index contributed by atoms with van der Waals surface area (Å²) in [5.74, 6) is 1.06. The van der Waals surface area contributed by atoms with E-state index in [1.165, 1.54) is 23.1 Å². The molecule has 3 aromatic rings. The van der Waals surface area contributed by atoms with E-state index in [-0.39, 0.29) is 5.91 Å². The van der Waals surface area contributed by atoms with Crippen LogP contribution in [0.25, 0.3) is 0 Å². The van der Waals surface area contributed by atoms with Crippen LogP contribution in [-0.2, 0) is 11.3 Å². The maximum Gasteiger partial charge on any atom is 0.234 e. The molecule has 0 aliphatic heterocycles. The predicted octanol–water partition coefficient (Wildman–Crippen LogP) is 3.78. The summed E-state index contributed by atoms with van der Waals surface area (Å²) in [6.45, 7) is 2.54. The van der Waals surface area contributed by atoms with Crippen molar-refractivity contribution in [3.63, 3.8) is 0 Å². The van der Waals surface area contributed by atoms with E-state index in [0.717, 1.165) is 21.4 Å². The number of amides is 1. The van der Waals surface area contributed by atoms with Crippen LogP contribution in [0.3, 0.4) is 0 Å². The lowest BCUT2D eigenvalue weighted by molar-refractivity contribution is -0.113. The van der Waals surface area contributed by atoms with Crippen LogP contribution in [0.1, 0.15) is 11.3 Å². The van der Waals surface area contributed by atoms with Crippen molar-refractivity contribution in [1.82, 2.24) is 10.2 Å². The van der Waals surface area contributed by atoms with E-state index in [2.05, 4.69) is 20.8 Å². The molecule has 1 aromatic carbocycles. The molecule has 24 heavy (non-hydrogen) atoms. The predicted molar refractivity (Wildman–Crippen MR) is 96.5 cm³/mol. The van der Waals surface area contributed by atoms with Crippen molar-refractivity contribution < 1.29 is 9.21 Å². The highest BCUT2D eigenvalue weighted by Crippen LogP contribution is 2.26. The number of hydrogen-bond donors (Lipinski definition) is 2. The molecule has 0 radical (unpaired) electrons. The van der Waals surface area contributed by atoms with E-state index in [1.54, 1.807) is 6.26 Å². The van der Waals surface area contributed by atoms with Crippen molar-refractivity contribution in [2.24, 2.45) is 0 Å². The van der Waals surface area contributed by atoms with Crippen molar-refractivity contribution in [1.29, 1.82) is 0 Å². The average Bonchev–Trinajstić information content (AvgIpc) is 3.23. The summed E-state index contributed by atoms with van der Waals surface area (Å²) in [5.41, 5.74) is 1.91. The van der Waals surface area contributed by atoms with Gasteiger partial charge in [0.2, 0.25) is 11.0 Å². The van der Waals surface area contributed by atoms with Gasteiger partial charge in [-0.05, 0) is 36.8 Å². The number of nitrogens with zero attached hydrogens (tertiary/aromatic N) is 2. The Hall–Kier alpha value is -2.32. The smallest absolute Gasteiger partial charge is 0.234 e. The van der Waals surface area contributed by atoms with Gasteiger partial charge in [0, 0.05) is 5.69 Å². The topological polar surface area (TPSA) is 80.0 Å². The first-order valence-corrected chi connectivity index (χ1v) is 9.08. The molecule has 124 valence electrons. The lowest BCUT2D eigenvalue weighted by Crippen LogP contribution is -2.13. The zero-order chi connectivity index (χ0) is 16.8. The van der Waals surface area contributed by atoms with E-state index >= 15 is 0 Å². The second kappa shape index (κ2) is 7.98. The zero-order valence-corrected chi connectivity index (χ0v) is 14.6. The van der Waals surface area contributed by atoms with Gasteiger partial charge in [-0.25, -0.2) is 0 Å². The number of benzene rings is 1. The van der Waals surface area contributed by atoms with Crippen molar-refractivity contribution in [3.8, 4) is 0 Å². The maximum atomic E-state index is 12.0. The number of rotatable bonds is 7. The number of anilines is 2. The Labute approximate surface area is 147 Å². The largest absolute Gasteiger partial charge is 0.467 e. The van der Waals surface area contributed by atoms with E-state index in [1.807, 2.05) is 43.3 Å². The van der Waals surface area contributed by atoms with E-state index in [9.17, 15) is 4.79 Å². The second-order valence-electron chi connectivity index (χ2n) is 5.01. The highest BCUT2D eigenvalue weighted by Gasteiger charge is 2.09. The number of aryl methyl sites for hydroxylation is 1. The summed E-state index contributed by atoms with van der Waals surface area (Å²) >= 11 is 2.78. The number of thioether (sulfide) groups is 1. The molecular formula is C16H16N4O2S2. The molecule has 2 heterocycles. The fourth-order valence-electron chi connectivity index (χ4n) is 1.96. The number of carbonyl (C=O) groups is 1. The van der Waals surface area contributed by atoms with Gasteiger partial charge in [0.15, 0.2) is 4.34 Å². The molecule has 1 amide bonds. The SMILES string of the molecule is Cc1cccc(NC(=O)CSc2nnc(NCc3ccco3)s2)c1. The van der Waals surface area contributed by atoms with Gasteiger partial charge in [0.25, 0.3) is 0 Å². The summed E-state index contributed by atoms with van der Waals surface area (Å²) < 4.78 is 5.99. The van der Waals surface area contributed by atoms with Crippen molar-refractivity contribution in [2.75, 3.05) is 16.4 Å². The molecule has 0 atom stereocenters. The molecule has 0 unspecified atom stereocenters. The minimum absolute atomic E-state index is 0.0640. The minimum Gasteiger partial charge on any atom is -0.467 e. The molecule has 2 N–H and O–H groups in total. The van der Waals surface area contributed by atoms with Gasteiger partial charge in [0.1, 0.15) is 5.76 Å². The standard InChI is InChI=1S/C16H16N4O2S2/c1-11-4-2-5-12(8-11)18-14(21)10-23-16-20-19-15(24-16)17-9-13-6-3-7-22-13/h2-8H,9-10H2,1H3,(H,17,19)(H,18,21). The quantitative estimate of drug-likeness (QED) is 0.624. The van der Waals surface area contributed by atoms with Gasteiger partial charge < -0.3 is 15.1 Å². The normalized spacial score (nSPS) is 10.5. The molecular weight excluding hydrogens is 344 g/mol. The van der Waals surface area contributed by atoms with Crippen LogP contribution in [0.2, 0.25) is 0 Å². The van der Waals surface area contributed by atoms with Crippen LogP contribution in [-0.4, -0.2) is 21.9 Å². The van der Waals surface area contributed by atoms with Crippen molar-refractivity contribution in [3.05, 3.63) is 54.0 Å². The number of aromatic nitrogens is 2. The Morgan fingerprint density at radius 1 is 1.29 bits per heavy atom. The van der Waals surface area contributed by atoms with Gasteiger partial charge in [-0.1, -0.05) is 35.2 Å². The van der Waals surface area contributed by atoms with Gasteiger partial charge >= 0.3 is 0 Å². The highest BCUT2D eigenvalue weighted by atomic mass is 32.2. The first-order chi connectivity index (χ1) is 11.7. The summed E-state index contributed by atoms with van der Waals surface area (Å²) in [5, 5.41) is 14.8. The summed E-state index contributed by atoms with van der Waals surface area (Å²) in [6, 6.07) is 11.4. The molecule has 0 spiro atoms. The number of nitrogens with one attached hydrogen (secondary N) is 2. The second-order valence-corrected chi connectivity index (χ2v) is 7.21. The van der Waals surface area contributed by atoms with Gasteiger partial charge in [-0.2, -0.15) is 0 Å². The van der Waals surface area contributed by atoms with Crippen molar-refractivity contribution in [2.45, 2.75) is 17.8 Å². The number of carbonyl (C=O) groups excluding carboxylic acids is 1. The molecule has 2 aromatic heterocycles. The van der Waals surface area contributed by atoms with Gasteiger partial charge in [-0.15, -0.1) is 10.2 Å². The van der Waals surface area contributed by atoms with Crippen LogP contribution in [0, 0.1) is 6.92 Å². The third-order valence-corrected chi connectivity index (χ3v) is 5.04. The molecule has 0 saturated carbocycles. The maximum absolute atomic E-state index is 12.0. The Morgan fingerprint density at radius 2 is 2.21 bits per heavy atom. The fraction of sp³-hybridized carbons (Fsp3) is 0.188. The van der Waals surface area contributed by atoms with E-state index < -0.39 is 0 Å². The molecule has 0 fully saturated rings. The van der Waals surface area contributed by atoms with Crippen LogP contribution in [0.4, 0.5) is 10.8 Å². The Balaban J connectivity index is 1.45. The van der Waals surface area contributed by atoms with E-state index in [4.69, 9.17) is 4.42 Å². The first-order valence-electron chi connectivity index (χ1n) is 7.28. The Kier molecular flexibility index (Phi) is 5.50. The van der Waals surface area contributed by atoms with Crippen LogP contribution in [0.5, 0.6) is 0 Å². The third-order valence-electron chi connectivity index (χ3n) is 3.03. The summed E-state index contributed by atoms with van der Waals surface area (Å²) in [7, 11) is 0. The molecule has 8 heteroatoms. The number of furan rings is 1. The molecule has 0 saturated heterocycles. The van der Waals surface area contributed by atoms with Gasteiger partial charge in [0.05, 0.1) is 18.6 Å². The monoisotopic (exact) mass is 360 g/mol. The molecule has 0 bridgehead atoms. The molecule has 3 rings (SSSR count). The number of hydrogen-bond acceptors (Lipinski definition) is 7. The molecule has 0 aliphatic rings. The minimum atomic E-state index is -0.0640.